The Hall–Kier alpha value is -2.53. The number of anilines is 1. The van der Waals surface area contributed by atoms with Crippen LogP contribution in [0.2, 0.25) is 5.02 Å². The molecule has 5 nitrogen and oxygen atoms in total. The van der Waals surface area contributed by atoms with E-state index in [9.17, 15) is 9.59 Å². The van der Waals surface area contributed by atoms with Gasteiger partial charge in [0.25, 0.3) is 5.91 Å². The first-order valence-corrected chi connectivity index (χ1v) is 9.14. The van der Waals surface area contributed by atoms with Gasteiger partial charge in [0.2, 0.25) is 5.91 Å². The van der Waals surface area contributed by atoms with Gasteiger partial charge < -0.3 is 15.5 Å². The fourth-order valence-corrected chi connectivity index (χ4v) is 3.10. The van der Waals surface area contributed by atoms with E-state index in [1.165, 1.54) is 0 Å². The SMILES string of the molecule is O=C(CNc1cccc(Cl)c1)NCc1ccc(C(=O)N2CCCC2)cc1. The molecule has 1 aliphatic rings. The Kier molecular flexibility index (Phi) is 6.12. The Morgan fingerprint density at radius 3 is 2.46 bits per heavy atom. The van der Waals surface area contributed by atoms with Gasteiger partial charge in [-0.3, -0.25) is 9.59 Å². The summed E-state index contributed by atoms with van der Waals surface area (Å²) < 4.78 is 0. The molecule has 0 aliphatic carbocycles. The van der Waals surface area contributed by atoms with Crippen molar-refractivity contribution in [3.05, 3.63) is 64.7 Å². The zero-order chi connectivity index (χ0) is 18.4. The lowest BCUT2D eigenvalue weighted by molar-refractivity contribution is -0.119. The van der Waals surface area contributed by atoms with E-state index < -0.39 is 0 Å². The minimum absolute atomic E-state index is 0.0869. The third kappa shape index (κ3) is 4.99. The van der Waals surface area contributed by atoms with E-state index >= 15 is 0 Å². The largest absolute Gasteiger partial charge is 0.376 e. The molecule has 1 saturated heterocycles. The molecular weight excluding hydrogens is 350 g/mol. The van der Waals surface area contributed by atoms with Crippen LogP contribution in [0.4, 0.5) is 5.69 Å². The molecular formula is C20H22ClN3O2. The Labute approximate surface area is 158 Å². The van der Waals surface area contributed by atoms with Gasteiger partial charge in [-0.05, 0) is 48.7 Å². The van der Waals surface area contributed by atoms with Crippen molar-refractivity contribution in [2.75, 3.05) is 25.0 Å². The summed E-state index contributed by atoms with van der Waals surface area (Å²) in [4.78, 5) is 26.2. The average molecular weight is 372 g/mol. The van der Waals surface area contributed by atoms with Crippen LogP contribution in [0.5, 0.6) is 0 Å². The zero-order valence-electron chi connectivity index (χ0n) is 14.5. The molecule has 1 heterocycles. The highest BCUT2D eigenvalue weighted by Gasteiger charge is 2.19. The van der Waals surface area contributed by atoms with Gasteiger partial charge in [-0.2, -0.15) is 0 Å². The number of benzene rings is 2. The van der Waals surface area contributed by atoms with Crippen LogP contribution in [-0.4, -0.2) is 36.3 Å². The molecule has 2 amide bonds. The summed E-state index contributed by atoms with van der Waals surface area (Å²) in [6.45, 7) is 2.28. The maximum atomic E-state index is 12.3. The summed E-state index contributed by atoms with van der Waals surface area (Å²) in [5.74, 6) is -0.0222. The smallest absolute Gasteiger partial charge is 0.253 e. The summed E-state index contributed by atoms with van der Waals surface area (Å²) in [6.07, 6.45) is 2.16. The average Bonchev–Trinajstić information content (AvgIpc) is 3.19. The number of rotatable bonds is 6. The molecule has 0 radical (unpaired) electrons. The number of halogens is 1. The maximum absolute atomic E-state index is 12.3. The number of hydrogen-bond acceptors (Lipinski definition) is 3. The molecule has 26 heavy (non-hydrogen) atoms. The van der Waals surface area contributed by atoms with E-state index in [2.05, 4.69) is 10.6 Å². The number of hydrogen-bond donors (Lipinski definition) is 2. The van der Waals surface area contributed by atoms with Crippen molar-refractivity contribution in [2.45, 2.75) is 19.4 Å². The van der Waals surface area contributed by atoms with E-state index in [1.807, 2.05) is 41.3 Å². The first-order valence-electron chi connectivity index (χ1n) is 8.76. The Bertz CT molecular complexity index is 771. The van der Waals surface area contributed by atoms with Gasteiger partial charge in [-0.1, -0.05) is 29.8 Å². The topological polar surface area (TPSA) is 61.4 Å². The van der Waals surface area contributed by atoms with Crippen molar-refractivity contribution in [1.82, 2.24) is 10.2 Å². The van der Waals surface area contributed by atoms with Gasteiger partial charge in [-0.15, -0.1) is 0 Å². The minimum Gasteiger partial charge on any atom is -0.376 e. The van der Waals surface area contributed by atoms with Crippen molar-refractivity contribution in [3.63, 3.8) is 0 Å². The minimum atomic E-state index is -0.109. The maximum Gasteiger partial charge on any atom is 0.253 e. The van der Waals surface area contributed by atoms with E-state index in [0.717, 1.165) is 37.2 Å². The van der Waals surface area contributed by atoms with Crippen LogP contribution in [-0.2, 0) is 11.3 Å². The van der Waals surface area contributed by atoms with E-state index in [4.69, 9.17) is 11.6 Å². The van der Waals surface area contributed by atoms with Gasteiger partial charge in [0, 0.05) is 35.9 Å². The highest BCUT2D eigenvalue weighted by atomic mass is 35.5. The van der Waals surface area contributed by atoms with E-state index in [0.29, 0.717) is 17.1 Å². The van der Waals surface area contributed by atoms with Crippen molar-refractivity contribution in [3.8, 4) is 0 Å². The number of likely N-dealkylation sites (tertiary alicyclic amines) is 1. The molecule has 0 atom stereocenters. The number of nitrogens with one attached hydrogen (secondary N) is 2. The van der Waals surface area contributed by atoms with Crippen LogP contribution in [0.15, 0.2) is 48.5 Å². The van der Waals surface area contributed by atoms with Crippen LogP contribution in [0.1, 0.15) is 28.8 Å². The van der Waals surface area contributed by atoms with Crippen LogP contribution < -0.4 is 10.6 Å². The normalized spacial score (nSPS) is 13.5. The fourth-order valence-electron chi connectivity index (χ4n) is 2.91. The Morgan fingerprint density at radius 2 is 1.77 bits per heavy atom. The third-order valence-corrected chi connectivity index (χ3v) is 4.60. The highest BCUT2D eigenvalue weighted by Crippen LogP contribution is 2.15. The quantitative estimate of drug-likeness (QED) is 0.819. The molecule has 0 saturated carbocycles. The van der Waals surface area contributed by atoms with E-state index in [1.54, 1.807) is 12.1 Å². The van der Waals surface area contributed by atoms with Gasteiger partial charge in [0.15, 0.2) is 0 Å². The Balaban J connectivity index is 1.45. The number of carbonyl (C=O) groups is 2. The highest BCUT2D eigenvalue weighted by molar-refractivity contribution is 6.30. The van der Waals surface area contributed by atoms with Gasteiger partial charge in [0.05, 0.1) is 6.54 Å². The van der Waals surface area contributed by atoms with Crippen LogP contribution in [0.25, 0.3) is 0 Å². The molecule has 0 bridgehead atoms. The Morgan fingerprint density at radius 1 is 1.04 bits per heavy atom. The number of amides is 2. The van der Waals surface area contributed by atoms with Crippen molar-refractivity contribution in [2.24, 2.45) is 0 Å². The van der Waals surface area contributed by atoms with Gasteiger partial charge in [0.1, 0.15) is 0 Å². The standard InChI is InChI=1S/C20H22ClN3O2/c21-17-4-3-5-18(12-17)22-14-19(25)23-13-15-6-8-16(9-7-15)20(26)24-10-1-2-11-24/h3-9,12,22H,1-2,10-11,13-14H2,(H,23,25). The number of carbonyl (C=O) groups excluding carboxylic acids is 2. The van der Waals surface area contributed by atoms with Crippen molar-refractivity contribution in [1.29, 1.82) is 0 Å². The van der Waals surface area contributed by atoms with Crippen molar-refractivity contribution < 1.29 is 9.59 Å². The van der Waals surface area contributed by atoms with Crippen LogP contribution in [0.3, 0.4) is 0 Å². The van der Waals surface area contributed by atoms with Gasteiger partial charge in [-0.25, -0.2) is 0 Å². The predicted octanol–water partition coefficient (Wildman–Crippen LogP) is 3.30. The lowest BCUT2D eigenvalue weighted by Gasteiger charge is -2.15. The molecule has 6 heteroatoms. The van der Waals surface area contributed by atoms with Crippen molar-refractivity contribution >= 4 is 29.1 Å². The first kappa shape index (κ1) is 18.3. The lowest BCUT2D eigenvalue weighted by atomic mass is 10.1. The summed E-state index contributed by atoms with van der Waals surface area (Å²) in [6, 6.07) is 14.7. The second kappa shape index (κ2) is 8.72. The fraction of sp³-hybridized carbons (Fsp3) is 0.300. The zero-order valence-corrected chi connectivity index (χ0v) is 15.3. The summed E-state index contributed by atoms with van der Waals surface area (Å²) in [5.41, 5.74) is 2.46. The molecule has 2 aromatic carbocycles. The van der Waals surface area contributed by atoms with E-state index in [-0.39, 0.29) is 18.4 Å². The third-order valence-electron chi connectivity index (χ3n) is 4.36. The summed E-state index contributed by atoms with van der Waals surface area (Å²) in [5, 5.41) is 6.51. The van der Waals surface area contributed by atoms with Crippen LogP contribution >= 0.6 is 11.6 Å². The predicted molar refractivity (Wildman–Crippen MR) is 103 cm³/mol. The van der Waals surface area contributed by atoms with Gasteiger partial charge >= 0.3 is 0 Å². The second-order valence-electron chi connectivity index (χ2n) is 6.34. The summed E-state index contributed by atoms with van der Waals surface area (Å²) in [7, 11) is 0. The first-order chi connectivity index (χ1) is 12.6. The molecule has 1 aliphatic heterocycles. The molecule has 2 aromatic rings. The van der Waals surface area contributed by atoms with Crippen LogP contribution in [0, 0.1) is 0 Å². The molecule has 0 aromatic heterocycles. The molecule has 136 valence electrons. The monoisotopic (exact) mass is 371 g/mol. The summed E-state index contributed by atoms with van der Waals surface area (Å²) >= 11 is 5.91. The molecule has 2 N–H and O–H groups in total. The second-order valence-corrected chi connectivity index (χ2v) is 6.77. The molecule has 0 spiro atoms. The molecule has 3 rings (SSSR count). The number of nitrogens with zero attached hydrogens (tertiary/aromatic N) is 1. The lowest BCUT2D eigenvalue weighted by Crippen LogP contribution is -2.29. The molecule has 1 fully saturated rings. The molecule has 0 unspecified atom stereocenters.